The van der Waals surface area contributed by atoms with Crippen LogP contribution < -0.4 is 4.90 Å². The summed E-state index contributed by atoms with van der Waals surface area (Å²) < 4.78 is 1.93. The minimum absolute atomic E-state index is 0.109. The van der Waals surface area contributed by atoms with Crippen molar-refractivity contribution in [3.05, 3.63) is 114 Å². The van der Waals surface area contributed by atoms with Crippen molar-refractivity contribution in [2.75, 3.05) is 31.1 Å². The standard InChI is InChI=1S/C33H34N6O/c1-3-28(26-15-9-5-10-16-26)33(40)38-21-19-37(20-22-38)31-30-24(2)36-39(27-17-11-6-12-18-27)32(30)35-29(34-31)23-25-13-7-4-8-14-25/h4-18,28H,3,19-23H2,1-2H3/t28-/m0/s1. The number of fused-ring (bicyclic) bond motifs is 1. The molecule has 5 aromatic rings. The van der Waals surface area contributed by atoms with Crippen LogP contribution in [0.1, 0.15) is 41.9 Å². The molecule has 7 nitrogen and oxygen atoms in total. The second-order valence-electron chi connectivity index (χ2n) is 10.3. The average Bonchev–Trinajstić information content (AvgIpc) is 3.34. The molecule has 1 saturated heterocycles. The van der Waals surface area contributed by atoms with E-state index in [-0.39, 0.29) is 11.8 Å². The van der Waals surface area contributed by atoms with Gasteiger partial charge in [-0.2, -0.15) is 5.10 Å². The number of hydrogen-bond acceptors (Lipinski definition) is 5. The maximum atomic E-state index is 13.5. The van der Waals surface area contributed by atoms with Crippen LogP contribution in [0.5, 0.6) is 0 Å². The summed E-state index contributed by atoms with van der Waals surface area (Å²) in [5, 5.41) is 5.87. The third-order valence-electron chi connectivity index (χ3n) is 7.73. The topological polar surface area (TPSA) is 67.2 Å². The van der Waals surface area contributed by atoms with E-state index in [1.807, 2.05) is 83.2 Å². The Morgan fingerprint density at radius 3 is 2.10 bits per heavy atom. The highest BCUT2D eigenvalue weighted by molar-refractivity contribution is 5.91. The van der Waals surface area contributed by atoms with E-state index in [1.54, 1.807) is 0 Å². The van der Waals surface area contributed by atoms with Gasteiger partial charge in [0, 0.05) is 32.6 Å². The number of carbonyl (C=O) groups excluding carboxylic acids is 1. The smallest absolute Gasteiger partial charge is 0.230 e. The molecule has 1 aliphatic rings. The molecule has 0 unspecified atom stereocenters. The van der Waals surface area contributed by atoms with E-state index in [4.69, 9.17) is 15.1 Å². The first-order valence-electron chi connectivity index (χ1n) is 14.1. The Kier molecular flexibility index (Phi) is 7.27. The predicted molar refractivity (Wildman–Crippen MR) is 159 cm³/mol. The van der Waals surface area contributed by atoms with Crippen LogP contribution in [-0.4, -0.2) is 56.7 Å². The van der Waals surface area contributed by atoms with Crippen LogP contribution in [-0.2, 0) is 11.2 Å². The molecule has 2 aromatic heterocycles. The summed E-state index contributed by atoms with van der Waals surface area (Å²) in [6, 6.07) is 30.6. The Balaban J connectivity index is 1.32. The Labute approximate surface area is 235 Å². The minimum atomic E-state index is -0.109. The first-order valence-corrected chi connectivity index (χ1v) is 14.1. The molecule has 0 bridgehead atoms. The van der Waals surface area contributed by atoms with Gasteiger partial charge in [0.15, 0.2) is 5.65 Å². The number of benzene rings is 3. The fourth-order valence-electron chi connectivity index (χ4n) is 5.64. The molecule has 0 aliphatic carbocycles. The molecule has 3 aromatic carbocycles. The molecule has 1 fully saturated rings. The first-order chi connectivity index (χ1) is 19.6. The highest BCUT2D eigenvalue weighted by Crippen LogP contribution is 2.31. The lowest BCUT2D eigenvalue weighted by Gasteiger charge is -2.37. The second-order valence-corrected chi connectivity index (χ2v) is 10.3. The molecule has 1 atom stereocenters. The Hall–Kier alpha value is -4.52. The number of rotatable bonds is 7. The van der Waals surface area contributed by atoms with Gasteiger partial charge in [-0.1, -0.05) is 85.8 Å². The zero-order valence-corrected chi connectivity index (χ0v) is 23.1. The molecule has 0 saturated carbocycles. The molecule has 7 heteroatoms. The van der Waals surface area contributed by atoms with Crippen LogP contribution in [0.15, 0.2) is 91.0 Å². The zero-order valence-electron chi connectivity index (χ0n) is 23.1. The maximum absolute atomic E-state index is 13.5. The van der Waals surface area contributed by atoms with Gasteiger partial charge in [0.2, 0.25) is 5.91 Å². The van der Waals surface area contributed by atoms with Crippen molar-refractivity contribution < 1.29 is 4.79 Å². The fraction of sp³-hybridized carbons (Fsp3) is 0.273. The maximum Gasteiger partial charge on any atom is 0.230 e. The molecule has 40 heavy (non-hydrogen) atoms. The summed E-state index contributed by atoms with van der Waals surface area (Å²) >= 11 is 0. The first kappa shape index (κ1) is 25.7. The van der Waals surface area contributed by atoms with Crippen molar-refractivity contribution in [1.29, 1.82) is 0 Å². The molecule has 0 radical (unpaired) electrons. The van der Waals surface area contributed by atoms with Gasteiger partial charge in [-0.05, 0) is 36.6 Å². The molecule has 0 N–H and O–H groups in total. The van der Waals surface area contributed by atoms with Crippen molar-refractivity contribution in [3.63, 3.8) is 0 Å². The number of nitrogens with zero attached hydrogens (tertiary/aromatic N) is 6. The summed E-state index contributed by atoms with van der Waals surface area (Å²) in [5.41, 5.74) is 4.93. The number of aryl methyl sites for hydroxylation is 1. The van der Waals surface area contributed by atoms with Crippen molar-refractivity contribution in [3.8, 4) is 5.69 Å². The number of amides is 1. The van der Waals surface area contributed by atoms with Crippen molar-refractivity contribution in [2.24, 2.45) is 0 Å². The van der Waals surface area contributed by atoms with Crippen LogP contribution in [0, 0.1) is 6.92 Å². The summed E-state index contributed by atoms with van der Waals surface area (Å²) in [4.78, 5) is 28.0. The lowest BCUT2D eigenvalue weighted by molar-refractivity contribution is -0.133. The third kappa shape index (κ3) is 5.07. The molecule has 1 amide bonds. The largest absolute Gasteiger partial charge is 0.352 e. The average molecular weight is 531 g/mol. The number of aromatic nitrogens is 4. The zero-order chi connectivity index (χ0) is 27.5. The van der Waals surface area contributed by atoms with Gasteiger partial charge in [0.1, 0.15) is 11.6 Å². The van der Waals surface area contributed by atoms with Crippen LogP contribution in [0.25, 0.3) is 16.7 Å². The van der Waals surface area contributed by atoms with E-state index in [2.05, 4.69) is 36.1 Å². The van der Waals surface area contributed by atoms with Crippen LogP contribution in [0.3, 0.4) is 0 Å². The molecule has 3 heterocycles. The Morgan fingerprint density at radius 1 is 0.825 bits per heavy atom. The molecule has 202 valence electrons. The fourth-order valence-corrected chi connectivity index (χ4v) is 5.64. The lowest BCUT2D eigenvalue weighted by Crippen LogP contribution is -2.50. The van der Waals surface area contributed by atoms with E-state index >= 15 is 0 Å². The highest BCUT2D eigenvalue weighted by Gasteiger charge is 2.30. The van der Waals surface area contributed by atoms with Gasteiger partial charge in [-0.25, -0.2) is 14.6 Å². The van der Waals surface area contributed by atoms with E-state index in [0.29, 0.717) is 32.6 Å². The molecule has 6 rings (SSSR count). The molecule has 0 spiro atoms. The van der Waals surface area contributed by atoms with Gasteiger partial charge < -0.3 is 9.80 Å². The summed E-state index contributed by atoms with van der Waals surface area (Å²) in [5.74, 6) is 1.76. The summed E-state index contributed by atoms with van der Waals surface area (Å²) in [6.07, 6.45) is 1.42. The van der Waals surface area contributed by atoms with Crippen LogP contribution in [0.2, 0.25) is 0 Å². The van der Waals surface area contributed by atoms with Crippen LogP contribution in [0.4, 0.5) is 5.82 Å². The number of para-hydroxylation sites is 1. The number of anilines is 1. The molecular weight excluding hydrogens is 496 g/mol. The van der Waals surface area contributed by atoms with E-state index in [0.717, 1.165) is 51.6 Å². The Morgan fingerprint density at radius 2 is 1.45 bits per heavy atom. The van der Waals surface area contributed by atoms with Crippen molar-refractivity contribution in [2.45, 2.75) is 32.6 Å². The molecular formula is C33H34N6O. The van der Waals surface area contributed by atoms with E-state index in [1.165, 1.54) is 0 Å². The summed E-state index contributed by atoms with van der Waals surface area (Å²) in [7, 11) is 0. The van der Waals surface area contributed by atoms with E-state index < -0.39 is 0 Å². The lowest BCUT2D eigenvalue weighted by atomic mass is 9.95. The van der Waals surface area contributed by atoms with E-state index in [9.17, 15) is 4.79 Å². The van der Waals surface area contributed by atoms with Gasteiger partial charge >= 0.3 is 0 Å². The number of carbonyl (C=O) groups is 1. The van der Waals surface area contributed by atoms with Gasteiger partial charge in [-0.15, -0.1) is 0 Å². The quantitative estimate of drug-likeness (QED) is 0.276. The Bertz CT molecular complexity index is 1590. The normalized spacial score (nSPS) is 14.4. The SMILES string of the molecule is CC[C@H](C(=O)N1CCN(c2nc(Cc3ccccc3)nc3c2c(C)nn3-c2ccccc2)CC1)c1ccccc1. The van der Waals surface area contributed by atoms with Gasteiger partial charge in [0.25, 0.3) is 0 Å². The summed E-state index contributed by atoms with van der Waals surface area (Å²) in [6.45, 7) is 6.86. The van der Waals surface area contributed by atoms with Crippen molar-refractivity contribution >= 4 is 22.8 Å². The predicted octanol–water partition coefficient (Wildman–Crippen LogP) is 5.56. The second kappa shape index (κ2) is 11.3. The van der Waals surface area contributed by atoms with Gasteiger partial charge in [0.05, 0.1) is 22.7 Å². The number of piperazine rings is 1. The van der Waals surface area contributed by atoms with Crippen molar-refractivity contribution in [1.82, 2.24) is 24.6 Å². The highest BCUT2D eigenvalue weighted by atomic mass is 16.2. The minimum Gasteiger partial charge on any atom is -0.352 e. The molecule has 1 aliphatic heterocycles. The van der Waals surface area contributed by atoms with Crippen LogP contribution >= 0.6 is 0 Å². The number of hydrogen-bond donors (Lipinski definition) is 0. The third-order valence-corrected chi connectivity index (χ3v) is 7.73. The monoisotopic (exact) mass is 530 g/mol. The van der Waals surface area contributed by atoms with Gasteiger partial charge in [-0.3, -0.25) is 4.79 Å².